The van der Waals surface area contributed by atoms with Gasteiger partial charge in [-0.05, 0) is 65.1 Å². The highest BCUT2D eigenvalue weighted by molar-refractivity contribution is 7.71. The van der Waals surface area contributed by atoms with Crippen molar-refractivity contribution >= 4 is 23.6 Å². The number of thiophene rings is 1. The van der Waals surface area contributed by atoms with Gasteiger partial charge in [-0.1, -0.05) is 30.3 Å². The molecule has 1 unspecified atom stereocenters. The van der Waals surface area contributed by atoms with Crippen molar-refractivity contribution < 1.29 is 0 Å². The largest absolute Gasteiger partial charge is 0.280 e. The van der Waals surface area contributed by atoms with Crippen LogP contribution in [0.1, 0.15) is 28.5 Å². The maximum atomic E-state index is 5.57. The Bertz CT molecular complexity index is 896. The molecule has 1 aliphatic carbocycles. The molecule has 3 aromatic rings. The lowest BCUT2D eigenvalue weighted by Crippen LogP contribution is -2.26. The van der Waals surface area contributed by atoms with Gasteiger partial charge in [-0.2, -0.15) is 0 Å². The molecule has 2 aromatic heterocycles. The molecule has 1 atom stereocenters. The molecule has 0 spiro atoms. The van der Waals surface area contributed by atoms with Gasteiger partial charge in [0.15, 0.2) is 0 Å². The number of aryl methyl sites for hydroxylation is 3. The van der Waals surface area contributed by atoms with Crippen LogP contribution in [0, 0.1) is 4.77 Å². The van der Waals surface area contributed by atoms with E-state index in [0.29, 0.717) is 17.5 Å². The maximum Gasteiger partial charge on any atom is 0.217 e. The molecule has 0 N–H and O–H groups in total. The smallest absolute Gasteiger partial charge is 0.217 e. The molecule has 1 aliphatic rings. The molecule has 0 aliphatic heterocycles. The molecule has 2 heterocycles. The van der Waals surface area contributed by atoms with Gasteiger partial charge in [0.25, 0.3) is 0 Å². The van der Waals surface area contributed by atoms with E-state index >= 15 is 0 Å². The van der Waals surface area contributed by atoms with Crippen molar-refractivity contribution in [3.63, 3.8) is 0 Å². The van der Waals surface area contributed by atoms with Gasteiger partial charge < -0.3 is 0 Å². The Morgan fingerprint density at radius 2 is 2.04 bits per heavy atom. The third-order valence-electron chi connectivity index (χ3n) is 4.84. The Hall–Kier alpha value is -1.83. The summed E-state index contributed by atoms with van der Waals surface area (Å²) in [6, 6.07) is 13.4. The van der Waals surface area contributed by atoms with E-state index in [1.165, 1.54) is 16.0 Å². The molecule has 1 aromatic carbocycles. The predicted octanol–water partition coefficient (Wildman–Crippen LogP) is 3.69. The summed E-state index contributed by atoms with van der Waals surface area (Å²) >= 11 is 7.33. The molecule has 0 fully saturated rings. The van der Waals surface area contributed by atoms with Crippen LogP contribution in [0.15, 0.2) is 41.8 Å². The van der Waals surface area contributed by atoms with Gasteiger partial charge >= 0.3 is 0 Å². The third-order valence-corrected chi connectivity index (χ3v) is 6.20. The number of rotatable bonds is 6. The van der Waals surface area contributed by atoms with E-state index in [0.717, 1.165) is 25.8 Å². The minimum atomic E-state index is 0.425. The quantitative estimate of drug-likeness (QED) is 0.620. The molecular weight excluding hydrogens is 350 g/mol. The Morgan fingerprint density at radius 1 is 1.20 bits per heavy atom. The highest BCUT2D eigenvalue weighted by atomic mass is 32.1. The number of fused-ring (bicyclic) bond motifs is 1. The number of hydrogen-bond acceptors (Lipinski definition) is 5. The summed E-state index contributed by atoms with van der Waals surface area (Å²) in [7, 11) is 2.14. The summed E-state index contributed by atoms with van der Waals surface area (Å²) in [5, 5.41) is 10.6. The zero-order chi connectivity index (χ0) is 17.2. The Labute approximate surface area is 156 Å². The fourth-order valence-electron chi connectivity index (χ4n) is 3.51. The molecule has 5 nitrogen and oxygen atoms in total. The molecule has 4 rings (SSSR count). The van der Waals surface area contributed by atoms with Crippen LogP contribution in [-0.4, -0.2) is 31.7 Å². The van der Waals surface area contributed by atoms with Crippen molar-refractivity contribution in [3.8, 4) is 0 Å². The van der Waals surface area contributed by atoms with Crippen LogP contribution in [0.3, 0.4) is 0 Å². The molecule has 0 saturated carbocycles. The maximum absolute atomic E-state index is 5.57. The summed E-state index contributed by atoms with van der Waals surface area (Å²) in [6.07, 6.45) is 3.23. The lowest BCUT2D eigenvalue weighted by Gasteiger charge is -2.24. The summed E-state index contributed by atoms with van der Waals surface area (Å²) in [6.45, 7) is 1.44. The second kappa shape index (κ2) is 7.19. The van der Waals surface area contributed by atoms with Crippen LogP contribution in [0.4, 0.5) is 0 Å². The summed E-state index contributed by atoms with van der Waals surface area (Å²) in [4.78, 5) is 3.66. The average Bonchev–Trinajstić information content (AvgIpc) is 3.35. The number of hydrogen-bond donors (Lipinski definition) is 0. The summed E-state index contributed by atoms with van der Waals surface area (Å²) in [5.74, 6) is 0. The first-order valence-corrected chi connectivity index (χ1v) is 9.82. The lowest BCUT2D eigenvalue weighted by molar-refractivity contribution is 0.180. The highest BCUT2D eigenvalue weighted by Crippen LogP contribution is 2.34. The first-order valence-electron chi connectivity index (χ1n) is 8.53. The molecule has 0 saturated heterocycles. The van der Waals surface area contributed by atoms with Crippen LogP contribution in [-0.2, 0) is 26.1 Å². The van der Waals surface area contributed by atoms with Crippen LogP contribution >= 0.6 is 23.6 Å². The fraction of sp³-hybridized carbons (Fsp3) is 0.389. The van der Waals surface area contributed by atoms with Crippen molar-refractivity contribution in [1.82, 2.24) is 24.7 Å². The molecular formula is C18H21N5S2. The number of benzene rings is 1. The number of nitrogens with zero attached hydrogens (tertiary/aromatic N) is 5. The van der Waals surface area contributed by atoms with Crippen molar-refractivity contribution in [3.05, 3.63) is 62.6 Å². The van der Waals surface area contributed by atoms with E-state index in [2.05, 4.69) is 64.2 Å². The molecule has 25 heavy (non-hydrogen) atoms. The van der Waals surface area contributed by atoms with E-state index in [-0.39, 0.29) is 0 Å². The summed E-state index contributed by atoms with van der Waals surface area (Å²) < 4.78 is 4.34. The van der Waals surface area contributed by atoms with Gasteiger partial charge in [0, 0.05) is 17.3 Å². The fourth-order valence-corrected chi connectivity index (χ4v) is 4.43. The zero-order valence-corrected chi connectivity index (χ0v) is 15.8. The van der Waals surface area contributed by atoms with Crippen LogP contribution in [0.2, 0.25) is 0 Å². The highest BCUT2D eigenvalue weighted by Gasteiger charge is 2.25. The van der Waals surface area contributed by atoms with Gasteiger partial charge in [0.1, 0.15) is 0 Å². The van der Waals surface area contributed by atoms with Crippen LogP contribution in [0.25, 0.3) is 0 Å². The predicted molar refractivity (Wildman–Crippen MR) is 102 cm³/mol. The number of aromatic nitrogens is 4. The first kappa shape index (κ1) is 16.6. The van der Waals surface area contributed by atoms with Crippen molar-refractivity contribution in [2.24, 2.45) is 0 Å². The molecule has 130 valence electrons. The van der Waals surface area contributed by atoms with Gasteiger partial charge in [-0.25, -0.2) is 9.36 Å². The van der Waals surface area contributed by atoms with Crippen LogP contribution < -0.4 is 0 Å². The first-order chi connectivity index (χ1) is 12.2. The van der Waals surface area contributed by atoms with Crippen LogP contribution in [0.5, 0.6) is 0 Å². The van der Waals surface area contributed by atoms with Gasteiger partial charge in [0.2, 0.25) is 4.77 Å². The van der Waals surface area contributed by atoms with Gasteiger partial charge in [0.05, 0.1) is 13.2 Å². The zero-order valence-electron chi connectivity index (χ0n) is 14.2. The standard InChI is InChI=1S/C18H21N5S2/c1-21(17-9-8-14-5-2-3-7-16(14)17)13-23-18(24)22(19-20-23)11-10-15-6-4-12-25-15/h2-7,12,17H,8-11,13H2,1H3. The van der Waals surface area contributed by atoms with E-state index in [1.807, 2.05) is 9.36 Å². The minimum Gasteiger partial charge on any atom is -0.280 e. The molecule has 0 amide bonds. The molecule has 0 bridgehead atoms. The van der Waals surface area contributed by atoms with Gasteiger partial charge in [-0.3, -0.25) is 4.90 Å². The third kappa shape index (κ3) is 3.44. The lowest BCUT2D eigenvalue weighted by atomic mass is 10.1. The van der Waals surface area contributed by atoms with Crippen molar-refractivity contribution in [2.45, 2.75) is 38.5 Å². The summed E-state index contributed by atoms with van der Waals surface area (Å²) in [5.41, 5.74) is 2.89. The second-order valence-corrected chi connectivity index (χ2v) is 7.86. The van der Waals surface area contributed by atoms with E-state index in [9.17, 15) is 0 Å². The van der Waals surface area contributed by atoms with E-state index in [4.69, 9.17) is 12.2 Å². The Balaban J connectivity index is 1.44. The number of tetrazole rings is 1. The monoisotopic (exact) mass is 371 g/mol. The van der Waals surface area contributed by atoms with Gasteiger partial charge in [-0.15, -0.1) is 11.3 Å². The van der Waals surface area contributed by atoms with E-state index in [1.54, 1.807) is 11.3 Å². The average molecular weight is 372 g/mol. The van der Waals surface area contributed by atoms with Crippen molar-refractivity contribution in [1.29, 1.82) is 0 Å². The second-order valence-electron chi connectivity index (χ2n) is 6.47. The SMILES string of the molecule is CN(Cn1nnn(CCc2cccs2)c1=S)C1CCc2ccccc21. The van der Waals surface area contributed by atoms with E-state index < -0.39 is 0 Å². The Morgan fingerprint density at radius 3 is 2.88 bits per heavy atom. The topological polar surface area (TPSA) is 38.9 Å². The molecule has 0 radical (unpaired) electrons. The minimum absolute atomic E-state index is 0.425. The molecule has 7 heteroatoms. The van der Waals surface area contributed by atoms with Crippen molar-refractivity contribution in [2.75, 3.05) is 7.05 Å². The normalized spacial score (nSPS) is 16.5. The Kier molecular flexibility index (Phi) is 4.78.